The summed E-state index contributed by atoms with van der Waals surface area (Å²) >= 11 is 0. The molecule has 0 bridgehead atoms. The van der Waals surface area contributed by atoms with Crippen LogP contribution in [0.3, 0.4) is 0 Å². The molecule has 0 atom stereocenters. The average Bonchev–Trinajstić information content (AvgIpc) is 2.38. The molecule has 0 radical (unpaired) electrons. The Hall–Kier alpha value is -2.09. The van der Waals surface area contributed by atoms with Gasteiger partial charge in [0.25, 0.3) is 0 Å². The molecule has 2 rings (SSSR count). The number of rotatable bonds is 4. The monoisotopic (exact) mass is 253 g/mol. The summed E-state index contributed by atoms with van der Waals surface area (Å²) in [6, 6.07) is 15.8. The highest BCUT2D eigenvalue weighted by atomic mass is 16.1. The summed E-state index contributed by atoms with van der Waals surface area (Å²) in [5.41, 5.74) is 3.81. The highest BCUT2D eigenvalue weighted by molar-refractivity contribution is 6.02. The van der Waals surface area contributed by atoms with Gasteiger partial charge >= 0.3 is 0 Å². The van der Waals surface area contributed by atoms with Crippen LogP contribution in [0.25, 0.3) is 0 Å². The molecule has 0 aliphatic heterocycles. The molecule has 0 aliphatic carbocycles. The second kappa shape index (κ2) is 5.70. The van der Waals surface area contributed by atoms with E-state index in [1.54, 1.807) is 0 Å². The van der Waals surface area contributed by atoms with Crippen molar-refractivity contribution < 1.29 is 4.79 Å². The van der Waals surface area contributed by atoms with Crippen molar-refractivity contribution in [3.05, 3.63) is 59.7 Å². The lowest BCUT2D eigenvalue weighted by Gasteiger charge is -2.13. The van der Waals surface area contributed by atoms with Crippen LogP contribution in [-0.2, 0) is 0 Å². The van der Waals surface area contributed by atoms with Crippen molar-refractivity contribution in [2.45, 2.75) is 20.8 Å². The zero-order valence-electron chi connectivity index (χ0n) is 11.6. The molecule has 98 valence electrons. The molecular formula is C17H19NO. The topological polar surface area (TPSA) is 29.1 Å². The number of nitrogens with one attached hydrogen (secondary N) is 1. The van der Waals surface area contributed by atoms with Crippen molar-refractivity contribution in [1.82, 2.24) is 0 Å². The van der Waals surface area contributed by atoms with Gasteiger partial charge in [0, 0.05) is 22.9 Å². The Kier molecular flexibility index (Phi) is 4.00. The van der Waals surface area contributed by atoms with Crippen LogP contribution in [0.5, 0.6) is 0 Å². The van der Waals surface area contributed by atoms with Crippen molar-refractivity contribution >= 4 is 17.2 Å². The number of carbonyl (C=O) groups excluding carboxylic acids is 1. The van der Waals surface area contributed by atoms with Gasteiger partial charge in [-0.05, 0) is 36.8 Å². The van der Waals surface area contributed by atoms with Crippen LogP contribution in [0.4, 0.5) is 11.4 Å². The van der Waals surface area contributed by atoms with Crippen molar-refractivity contribution in [1.29, 1.82) is 0 Å². The summed E-state index contributed by atoms with van der Waals surface area (Å²) in [7, 11) is 0. The van der Waals surface area contributed by atoms with E-state index >= 15 is 0 Å². The molecule has 2 heteroatoms. The molecule has 19 heavy (non-hydrogen) atoms. The van der Waals surface area contributed by atoms with Crippen LogP contribution in [0.15, 0.2) is 48.5 Å². The van der Waals surface area contributed by atoms with Gasteiger partial charge in [-0.25, -0.2) is 0 Å². The van der Waals surface area contributed by atoms with Gasteiger partial charge in [-0.3, -0.25) is 4.79 Å². The molecule has 0 aromatic heterocycles. The number of hydrogen-bond donors (Lipinski definition) is 1. The number of anilines is 2. The number of aryl methyl sites for hydroxylation is 1. The van der Waals surface area contributed by atoms with Crippen LogP contribution >= 0.6 is 0 Å². The fraction of sp³-hybridized carbons (Fsp3) is 0.235. The van der Waals surface area contributed by atoms with Gasteiger partial charge in [0.2, 0.25) is 0 Å². The molecule has 0 saturated heterocycles. The van der Waals surface area contributed by atoms with Gasteiger partial charge in [0.1, 0.15) is 0 Å². The highest BCUT2D eigenvalue weighted by Gasteiger charge is 2.14. The summed E-state index contributed by atoms with van der Waals surface area (Å²) in [6.07, 6.45) is 0. The maximum Gasteiger partial charge on any atom is 0.167 e. The van der Waals surface area contributed by atoms with Crippen LogP contribution in [0.1, 0.15) is 29.8 Å². The summed E-state index contributed by atoms with van der Waals surface area (Å²) < 4.78 is 0. The smallest absolute Gasteiger partial charge is 0.167 e. The molecule has 0 spiro atoms. The minimum Gasteiger partial charge on any atom is -0.355 e. The zero-order valence-corrected chi connectivity index (χ0v) is 11.6. The van der Waals surface area contributed by atoms with E-state index in [9.17, 15) is 4.79 Å². The first-order chi connectivity index (χ1) is 9.08. The second-order valence-corrected chi connectivity index (χ2v) is 5.06. The Morgan fingerprint density at radius 1 is 1.05 bits per heavy atom. The normalized spacial score (nSPS) is 10.5. The maximum atomic E-state index is 12.2. The minimum absolute atomic E-state index is 0.000425. The van der Waals surface area contributed by atoms with Gasteiger partial charge < -0.3 is 5.32 Å². The largest absolute Gasteiger partial charge is 0.355 e. The standard InChI is InChI=1S/C17H19NO/c1-12(2)17(19)15-9-4-5-10-16(15)18-14-8-6-7-13(3)11-14/h4-12,18H,1-3H3. The number of ketones is 1. The summed E-state index contributed by atoms with van der Waals surface area (Å²) in [4.78, 5) is 12.2. The Labute approximate surface area is 114 Å². The molecule has 0 heterocycles. The van der Waals surface area contributed by atoms with E-state index in [2.05, 4.69) is 24.4 Å². The van der Waals surface area contributed by atoms with E-state index < -0.39 is 0 Å². The highest BCUT2D eigenvalue weighted by Crippen LogP contribution is 2.23. The maximum absolute atomic E-state index is 12.2. The van der Waals surface area contributed by atoms with Crippen LogP contribution < -0.4 is 5.32 Å². The predicted octanol–water partition coefficient (Wildman–Crippen LogP) is 4.58. The molecule has 2 nitrogen and oxygen atoms in total. The van der Waals surface area contributed by atoms with Gasteiger partial charge in [-0.1, -0.05) is 38.1 Å². The SMILES string of the molecule is Cc1cccc(Nc2ccccc2C(=O)C(C)C)c1. The molecule has 0 saturated carbocycles. The Bertz CT molecular complexity index is 587. The van der Waals surface area contributed by atoms with Crippen molar-refractivity contribution in [2.24, 2.45) is 5.92 Å². The third-order valence-corrected chi connectivity index (χ3v) is 3.01. The first-order valence-electron chi connectivity index (χ1n) is 6.55. The van der Waals surface area contributed by atoms with E-state index in [4.69, 9.17) is 0 Å². The molecule has 2 aromatic rings. The van der Waals surface area contributed by atoms with Gasteiger partial charge in [-0.2, -0.15) is 0 Å². The Morgan fingerprint density at radius 2 is 1.79 bits per heavy atom. The van der Waals surface area contributed by atoms with E-state index in [-0.39, 0.29) is 11.7 Å². The Morgan fingerprint density at radius 3 is 2.47 bits per heavy atom. The van der Waals surface area contributed by atoms with Crippen molar-refractivity contribution in [3.63, 3.8) is 0 Å². The third-order valence-electron chi connectivity index (χ3n) is 3.01. The first kappa shape index (κ1) is 13.3. The lowest BCUT2D eigenvalue weighted by atomic mass is 9.99. The van der Waals surface area contributed by atoms with Crippen LogP contribution in [-0.4, -0.2) is 5.78 Å². The fourth-order valence-electron chi connectivity index (χ4n) is 2.00. The lowest BCUT2D eigenvalue weighted by molar-refractivity contribution is 0.0940. The first-order valence-corrected chi connectivity index (χ1v) is 6.55. The van der Waals surface area contributed by atoms with E-state index in [1.807, 2.05) is 50.2 Å². The van der Waals surface area contributed by atoms with Gasteiger partial charge in [0.05, 0.1) is 0 Å². The third kappa shape index (κ3) is 3.22. The zero-order chi connectivity index (χ0) is 13.8. The van der Waals surface area contributed by atoms with E-state index in [1.165, 1.54) is 5.56 Å². The van der Waals surface area contributed by atoms with Gasteiger partial charge in [0.15, 0.2) is 5.78 Å². The molecule has 2 aromatic carbocycles. The van der Waals surface area contributed by atoms with Crippen molar-refractivity contribution in [2.75, 3.05) is 5.32 Å². The average molecular weight is 253 g/mol. The summed E-state index contributed by atoms with van der Waals surface area (Å²) in [5, 5.41) is 3.33. The number of para-hydroxylation sites is 1. The molecule has 0 fully saturated rings. The molecule has 0 unspecified atom stereocenters. The molecular weight excluding hydrogens is 234 g/mol. The second-order valence-electron chi connectivity index (χ2n) is 5.06. The number of Topliss-reactive ketones (excluding diaryl/α,β-unsaturated/α-hetero) is 1. The summed E-state index contributed by atoms with van der Waals surface area (Å²) in [6.45, 7) is 5.90. The van der Waals surface area contributed by atoms with Gasteiger partial charge in [-0.15, -0.1) is 0 Å². The lowest BCUT2D eigenvalue weighted by Crippen LogP contribution is -2.10. The van der Waals surface area contributed by atoms with E-state index in [0.717, 1.165) is 16.9 Å². The molecule has 0 aliphatic rings. The number of carbonyl (C=O) groups is 1. The number of hydrogen-bond acceptors (Lipinski definition) is 2. The van der Waals surface area contributed by atoms with E-state index in [0.29, 0.717) is 0 Å². The number of benzene rings is 2. The van der Waals surface area contributed by atoms with Crippen LogP contribution in [0, 0.1) is 12.8 Å². The summed E-state index contributed by atoms with van der Waals surface area (Å²) in [5.74, 6) is 0.163. The predicted molar refractivity (Wildman–Crippen MR) is 80.1 cm³/mol. The van der Waals surface area contributed by atoms with Crippen LogP contribution in [0.2, 0.25) is 0 Å². The quantitative estimate of drug-likeness (QED) is 0.808. The minimum atomic E-state index is 0.000425. The fourth-order valence-corrected chi connectivity index (χ4v) is 2.00. The Balaban J connectivity index is 2.33. The molecule has 0 amide bonds. The van der Waals surface area contributed by atoms with Crippen molar-refractivity contribution in [3.8, 4) is 0 Å². The molecule has 1 N–H and O–H groups in total.